The molecule has 1 N–H and O–H groups in total. The number of benzene rings is 1. The van der Waals surface area contributed by atoms with Gasteiger partial charge in [0.15, 0.2) is 0 Å². The highest BCUT2D eigenvalue weighted by atomic mass is 19.1. The SMILES string of the molecule is Cc1cnc(NC(C)c2ccc(F)cc2)cc1[N+](=O)[O-]. The number of nitrogens with one attached hydrogen (secondary N) is 1. The van der Waals surface area contributed by atoms with E-state index in [1.165, 1.54) is 24.4 Å². The van der Waals surface area contributed by atoms with E-state index in [2.05, 4.69) is 10.3 Å². The molecule has 1 aromatic carbocycles. The summed E-state index contributed by atoms with van der Waals surface area (Å²) in [4.78, 5) is 14.6. The van der Waals surface area contributed by atoms with Gasteiger partial charge in [-0.3, -0.25) is 10.1 Å². The van der Waals surface area contributed by atoms with E-state index in [1.807, 2.05) is 6.92 Å². The zero-order valence-corrected chi connectivity index (χ0v) is 11.1. The van der Waals surface area contributed by atoms with Crippen LogP contribution in [0.15, 0.2) is 36.5 Å². The van der Waals surface area contributed by atoms with E-state index in [0.717, 1.165) is 5.56 Å². The molecule has 1 aromatic heterocycles. The van der Waals surface area contributed by atoms with Crippen molar-refractivity contribution in [2.45, 2.75) is 19.9 Å². The van der Waals surface area contributed by atoms with Gasteiger partial charge in [0.1, 0.15) is 11.6 Å². The van der Waals surface area contributed by atoms with Crippen LogP contribution < -0.4 is 5.32 Å². The lowest BCUT2D eigenvalue weighted by molar-refractivity contribution is -0.385. The highest BCUT2D eigenvalue weighted by Gasteiger charge is 2.13. The highest BCUT2D eigenvalue weighted by molar-refractivity contribution is 5.50. The van der Waals surface area contributed by atoms with Crippen LogP contribution >= 0.6 is 0 Å². The van der Waals surface area contributed by atoms with Crippen LogP contribution in [0.1, 0.15) is 24.1 Å². The van der Waals surface area contributed by atoms with E-state index >= 15 is 0 Å². The Hall–Kier alpha value is -2.50. The predicted molar refractivity (Wildman–Crippen MR) is 74.1 cm³/mol. The molecular weight excluding hydrogens is 261 g/mol. The number of aryl methyl sites for hydroxylation is 1. The molecule has 0 amide bonds. The van der Waals surface area contributed by atoms with Gasteiger partial charge in [0.05, 0.1) is 11.0 Å². The number of anilines is 1. The molecule has 0 aliphatic carbocycles. The number of pyridine rings is 1. The molecule has 1 unspecified atom stereocenters. The molecule has 0 aliphatic rings. The van der Waals surface area contributed by atoms with Crippen LogP contribution in [0.4, 0.5) is 15.9 Å². The summed E-state index contributed by atoms with van der Waals surface area (Å²) in [6, 6.07) is 7.34. The largest absolute Gasteiger partial charge is 0.363 e. The Kier molecular flexibility index (Phi) is 3.93. The van der Waals surface area contributed by atoms with Crippen LogP contribution in [-0.2, 0) is 0 Å². The van der Waals surface area contributed by atoms with Crippen molar-refractivity contribution in [3.8, 4) is 0 Å². The van der Waals surface area contributed by atoms with Crippen LogP contribution in [0.2, 0.25) is 0 Å². The normalized spacial score (nSPS) is 11.9. The number of halogens is 1. The molecule has 0 radical (unpaired) electrons. The summed E-state index contributed by atoms with van der Waals surface area (Å²) in [6.45, 7) is 3.51. The van der Waals surface area contributed by atoms with Crippen molar-refractivity contribution in [1.29, 1.82) is 0 Å². The van der Waals surface area contributed by atoms with E-state index in [9.17, 15) is 14.5 Å². The van der Waals surface area contributed by atoms with E-state index in [4.69, 9.17) is 0 Å². The Morgan fingerprint density at radius 1 is 1.35 bits per heavy atom. The Labute approximate surface area is 115 Å². The van der Waals surface area contributed by atoms with Crippen LogP contribution in [0.3, 0.4) is 0 Å². The second kappa shape index (κ2) is 5.64. The van der Waals surface area contributed by atoms with Gasteiger partial charge >= 0.3 is 0 Å². The lowest BCUT2D eigenvalue weighted by Gasteiger charge is -2.15. The van der Waals surface area contributed by atoms with Gasteiger partial charge in [-0.25, -0.2) is 9.37 Å². The molecule has 0 fully saturated rings. The minimum absolute atomic E-state index is 0.0220. The molecule has 0 aliphatic heterocycles. The van der Waals surface area contributed by atoms with Gasteiger partial charge in [-0.2, -0.15) is 0 Å². The Bertz CT molecular complexity index is 629. The lowest BCUT2D eigenvalue weighted by atomic mass is 10.1. The minimum atomic E-state index is -0.440. The van der Waals surface area contributed by atoms with Gasteiger partial charge in [0.2, 0.25) is 0 Å². The van der Waals surface area contributed by atoms with E-state index in [1.54, 1.807) is 19.1 Å². The molecule has 2 rings (SSSR count). The van der Waals surface area contributed by atoms with Gasteiger partial charge in [-0.05, 0) is 31.5 Å². The first kappa shape index (κ1) is 13.9. The smallest absolute Gasteiger partial charge is 0.277 e. The van der Waals surface area contributed by atoms with Crippen molar-refractivity contribution in [2.75, 3.05) is 5.32 Å². The molecule has 0 saturated heterocycles. The Balaban J connectivity index is 2.19. The van der Waals surface area contributed by atoms with Crippen LogP contribution in [0.25, 0.3) is 0 Å². The van der Waals surface area contributed by atoms with Crippen molar-refractivity contribution in [3.05, 3.63) is 63.6 Å². The molecule has 6 heteroatoms. The minimum Gasteiger partial charge on any atom is -0.363 e. The van der Waals surface area contributed by atoms with Gasteiger partial charge < -0.3 is 5.32 Å². The average Bonchev–Trinajstić information content (AvgIpc) is 2.41. The van der Waals surface area contributed by atoms with Gasteiger partial charge in [-0.15, -0.1) is 0 Å². The third-order valence-electron chi connectivity index (χ3n) is 3.01. The number of hydrogen-bond donors (Lipinski definition) is 1. The molecule has 1 heterocycles. The fourth-order valence-corrected chi connectivity index (χ4v) is 1.85. The summed E-state index contributed by atoms with van der Waals surface area (Å²) in [6.07, 6.45) is 1.46. The number of rotatable bonds is 4. The summed E-state index contributed by atoms with van der Waals surface area (Å²) >= 11 is 0. The van der Waals surface area contributed by atoms with Crippen molar-refractivity contribution in [2.24, 2.45) is 0 Å². The van der Waals surface area contributed by atoms with Gasteiger partial charge in [0, 0.05) is 17.8 Å². The maximum atomic E-state index is 12.9. The second-order valence-corrected chi connectivity index (χ2v) is 4.53. The topological polar surface area (TPSA) is 68.1 Å². The monoisotopic (exact) mass is 275 g/mol. The number of nitro groups is 1. The standard InChI is InChI=1S/C14H14FN3O2/c1-9-8-16-14(7-13(9)18(19)20)17-10(2)11-3-5-12(15)6-4-11/h3-8,10H,1-2H3,(H,16,17). The zero-order chi connectivity index (χ0) is 14.7. The molecule has 2 aromatic rings. The Morgan fingerprint density at radius 3 is 2.60 bits per heavy atom. The summed E-state index contributed by atoms with van der Waals surface area (Å²) < 4.78 is 12.9. The highest BCUT2D eigenvalue weighted by Crippen LogP contribution is 2.23. The first-order chi connectivity index (χ1) is 9.47. The molecule has 0 saturated carbocycles. The van der Waals surface area contributed by atoms with Crippen molar-refractivity contribution < 1.29 is 9.31 Å². The molecule has 1 atom stereocenters. The van der Waals surface area contributed by atoms with E-state index in [-0.39, 0.29) is 17.5 Å². The first-order valence-corrected chi connectivity index (χ1v) is 6.10. The fraction of sp³-hybridized carbons (Fsp3) is 0.214. The third-order valence-corrected chi connectivity index (χ3v) is 3.01. The van der Waals surface area contributed by atoms with Crippen molar-refractivity contribution in [3.63, 3.8) is 0 Å². The molecule has 104 valence electrons. The van der Waals surface area contributed by atoms with Crippen molar-refractivity contribution in [1.82, 2.24) is 4.98 Å². The van der Waals surface area contributed by atoms with Crippen molar-refractivity contribution >= 4 is 11.5 Å². The van der Waals surface area contributed by atoms with Crippen LogP contribution in [0, 0.1) is 22.9 Å². The lowest BCUT2D eigenvalue weighted by Crippen LogP contribution is -2.08. The summed E-state index contributed by atoms with van der Waals surface area (Å²) in [5.74, 6) is 0.115. The zero-order valence-electron chi connectivity index (χ0n) is 11.1. The fourth-order valence-electron chi connectivity index (χ4n) is 1.85. The van der Waals surface area contributed by atoms with Crippen LogP contribution in [-0.4, -0.2) is 9.91 Å². The number of nitrogens with zero attached hydrogens (tertiary/aromatic N) is 2. The van der Waals surface area contributed by atoms with Gasteiger partial charge in [-0.1, -0.05) is 12.1 Å². The predicted octanol–water partition coefficient (Wildman–Crippen LogP) is 3.61. The maximum absolute atomic E-state index is 12.9. The summed E-state index contributed by atoms with van der Waals surface area (Å²) in [5, 5.41) is 13.9. The van der Waals surface area contributed by atoms with Crippen LogP contribution in [0.5, 0.6) is 0 Å². The molecular formula is C14H14FN3O2. The molecule has 0 spiro atoms. The molecule has 0 bridgehead atoms. The second-order valence-electron chi connectivity index (χ2n) is 4.53. The number of hydrogen-bond acceptors (Lipinski definition) is 4. The molecule has 5 nitrogen and oxygen atoms in total. The van der Waals surface area contributed by atoms with E-state index < -0.39 is 4.92 Å². The third kappa shape index (κ3) is 3.09. The number of aromatic nitrogens is 1. The summed E-state index contributed by atoms with van der Waals surface area (Å²) in [7, 11) is 0. The maximum Gasteiger partial charge on any atom is 0.277 e. The average molecular weight is 275 g/mol. The quantitative estimate of drug-likeness (QED) is 0.683. The first-order valence-electron chi connectivity index (χ1n) is 6.10. The Morgan fingerprint density at radius 2 is 2.00 bits per heavy atom. The summed E-state index contributed by atoms with van der Waals surface area (Å²) in [5.41, 5.74) is 1.40. The molecule has 20 heavy (non-hydrogen) atoms. The van der Waals surface area contributed by atoms with E-state index in [0.29, 0.717) is 11.4 Å². The van der Waals surface area contributed by atoms with Gasteiger partial charge in [0.25, 0.3) is 5.69 Å².